The molecule has 2 unspecified atom stereocenters. The van der Waals surface area contributed by atoms with Gasteiger partial charge in [-0.15, -0.1) is 0 Å². The standard InChI is InChI=1S/C12H19N3OS/c1-4-17-8-10(1)7-15-9-14-5-11(15)12-6-13-2-3-16-12/h5,9-10,12-13H,1-4,6-8H2. The Morgan fingerprint density at radius 1 is 1.59 bits per heavy atom. The molecule has 0 spiro atoms. The van der Waals surface area contributed by atoms with E-state index >= 15 is 0 Å². The van der Waals surface area contributed by atoms with Crippen molar-refractivity contribution in [1.82, 2.24) is 14.9 Å². The van der Waals surface area contributed by atoms with E-state index in [0.29, 0.717) is 0 Å². The predicted octanol–water partition coefficient (Wildman–Crippen LogP) is 1.30. The Morgan fingerprint density at radius 2 is 2.59 bits per heavy atom. The molecule has 0 amide bonds. The fraction of sp³-hybridized carbons (Fsp3) is 0.750. The molecule has 94 valence electrons. The number of morpholine rings is 1. The summed E-state index contributed by atoms with van der Waals surface area (Å²) in [6.07, 6.45) is 5.43. The zero-order valence-corrected chi connectivity index (χ0v) is 10.8. The summed E-state index contributed by atoms with van der Waals surface area (Å²) in [7, 11) is 0. The van der Waals surface area contributed by atoms with Crippen LogP contribution < -0.4 is 5.32 Å². The van der Waals surface area contributed by atoms with E-state index in [1.165, 1.54) is 23.6 Å². The van der Waals surface area contributed by atoms with Gasteiger partial charge in [-0.05, 0) is 23.8 Å². The molecule has 17 heavy (non-hydrogen) atoms. The molecule has 0 aromatic carbocycles. The van der Waals surface area contributed by atoms with E-state index in [0.717, 1.165) is 32.2 Å². The van der Waals surface area contributed by atoms with Crippen LogP contribution in [0, 0.1) is 5.92 Å². The Morgan fingerprint density at radius 3 is 3.35 bits per heavy atom. The second-order valence-electron chi connectivity index (χ2n) is 4.76. The first kappa shape index (κ1) is 11.6. The van der Waals surface area contributed by atoms with Gasteiger partial charge >= 0.3 is 0 Å². The average molecular weight is 253 g/mol. The van der Waals surface area contributed by atoms with Crippen molar-refractivity contribution in [3.63, 3.8) is 0 Å². The highest BCUT2D eigenvalue weighted by molar-refractivity contribution is 7.99. The van der Waals surface area contributed by atoms with Crippen molar-refractivity contribution >= 4 is 11.8 Å². The van der Waals surface area contributed by atoms with Gasteiger partial charge in [0.05, 0.1) is 24.8 Å². The van der Waals surface area contributed by atoms with Crippen molar-refractivity contribution < 1.29 is 4.74 Å². The molecule has 3 heterocycles. The second kappa shape index (κ2) is 5.42. The third kappa shape index (κ3) is 2.67. The molecule has 2 aliphatic rings. The van der Waals surface area contributed by atoms with Gasteiger partial charge in [0.15, 0.2) is 0 Å². The van der Waals surface area contributed by atoms with Gasteiger partial charge in [0.1, 0.15) is 6.10 Å². The maximum absolute atomic E-state index is 5.80. The topological polar surface area (TPSA) is 39.1 Å². The fourth-order valence-corrected chi connectivity index (χ4v) is 3.78. The summed E-state index contributed by atoms with van der Waals surface area (Å²) in [5.74, 6) is 3.42. The summed E-state index contributed by atoms with van der Waals surface area (Å²) in [5, 5.41) is 3.37. The van der Waals surface area contributed by atoms with Crippen molar-refractivity contribution in [3.8, 4) is 0 Å². The van der Waals surface area contributed by atoms with Crippen LogP contribution in [0.15, 0.2) is 12.5 Å². The van der Waals surface area contributed by atoms with Gasteiger partial charge in [0, 0.05) is 19.6 Å². The summed E-state index contributed by atoms with van der Waals surface area (Å²) < 4.78 is 8.08. The van der Waals surface area contributed by atoms with Crippen LogP contribution in [0.1, 0.15) is 18.2 Å². The van der Waals surface area contributed by atoms with Crippen LogP contribution in [0.25, 0.3) is 0 Å². The highest BCUT2D eigenvalue weighted by Gasteiger charge is 2.22. The minimum Gasteiger partial charge on any atom is -0.369 e. The molecular weight excluding hydrogens is 234 g/mol. The number of ether oxygens (including phenoxy) is 1. The monoisotopic (exact) mass is 253 g/mol. The molecule has 0 radical (unpaired) electrons. The first-order valence-electron chi connectivity index (χ1n) is 6.33. The molecule has 0 saturated carbocycles. The van der Waals surface area contributed by atoms with Gasteiger partial charge in [0.25, 0.3) is 0 Å². The fourth-order valence-electron chi connectivity index (χ4n) is 2.51. The van der Waals surface area contributed by atoms with Crippen LogP contribution in [0.4, 0.5) is 0 Å². The largest absolute Gasteiger partial charge is 0.369 e. The first-order chi connectivity index (χ1) is 8.43. The third-order valence-electron chi connectivity index (χ3n) is 3.48. The van der Waals surface area contributed by atoms with Crippen molar-refractivity contribution in [2.24, 2.45) is 5.92 Å². The van der Waals surface area contributed by atoms with E-state index in [2.05, 4.69) is 26.6 Å². The van der Waals surface area contributed by atoms with E-state index in [9.17, 15) is 0 Å². The average Bonchev–Trinajstić information content (AvgIpc) is 3.02. The lowest BCUT2D eigenvalue weighted by Gasteiger charge is -2.25. The Kier molecular flexibility index (Phi) is 3.68. The van der Waals surface area contributed by atoms with Gasteiger partial charge in [-0.1, -0.05) is 0 Å². The van der Waals surface area contributed by atoms with E-state index in [4.69, 9.17) is 4.74 Å². The van der Waals surface area contributed by atoms with Crippen molar-refractivity contribution in [2.75, 3.05) is 31.2 Å². The Labute approximate surface area is 106 Å². The smallest absolute Gasteiger partial charge is 0.111 e. The number of thioether (sulfide) groups is 1. The Hall–Kier alpha value is -0.520. The van der Waals surface area contributed by atoms with Gasteiger partial charge in [0.2, 0.25) is 0 Å². The van der Waals surface area contributed by atoms with E-state index in [1.54, 1.807) is 0 Å². The molecule has 4 nitrogen and oxygen atoms in total. The van der Waals surface area contributed by atoms with Crippen molar-refractivity contribution in [3.05, 3.63) is 18.2 Å². The van der Waals surface area contributed by atoms with Crippen LogP contribution in [0.5, 0.6) is 0 Å². The van der Waals surface area contributed by atoms with Gasteiger partial charge in [-0.25, -0.2) is 4.98 Å². The minimum atomic E-state index is 0.181. The van der Waals surface area contributed by atoms with Crippen molar-refractivity contribution in [1.29, 1.82) is 0 Å². The molecule has 0 aliphatic carbocycles. The minimum absolute atomic E-state index is 0.181. The van der Waals surface area contributed by atoms with Crippen LogP contribution in [0.3, 0.4) is 0 Å². The summed E-state index contributed by atoms with van der Waals surface area (Å²) in [4.78, 5) is 4.29. The molecule has 0 bridgehead atoms. The van der Waals surface area contributed by atoms with Crippen molar-refractivity contribution in [2.45, 2.75) is 19.1 Å². The zero-order chi connectivity index (χ0) is 11.5. The number of rotatable bonds is 3. The normalized spacial score (nSPS) is 29.6. The SMILES string of the molecule is c1ncn(CC2CCSC2)c1C1CNCCO1. The second-order valence-corrected chi connectivity index (χ2v) is 5.91. The van der Waals surface area contributed by atoms with Gasteiger partial charge < -0.3 is 14.6 Å². The van der Waals surface area contributed by atoms with Gasteiger partial charge in [-0.3, -0.25) is 0 Å². The number of nitrogens with one attached hydrogen (secondary N) is 1. The molecule has 1 aromatic heterocycles. The lowest BCUT2D eigenvalue weighted by atomic mass is 10.1. The number of aromatic nitrogens is 2. The lowest BCUT2D eigenvalue weighted by molar-refractivity contribution is 0.0224. The van der Waals surface area contributed by atoms with E-state index < -0.39 is 0 Å². The van der Waals surface area contributed by atoms with Crippen LogP contribution in [0.2, 0.25) is 0 Å². The zero-order valence-electron chi connectivity index (χ0n) is 9.97. The van der Waals surface area contributed by atoms with Crippen LogP contribution in [-0.2, 0) is 11.3 Å². The van der Waals surface area contributed by atoms with Crippen LogP contribution >= 0.6 is 11.8 Å². The predicted molar refractivity (Wildman–Crippen MR) is 69.2 cm³/mol. The number of imidazole rings is 1. The molecule has 3 rings (SSSR count). The first-order valence-corrected chi connectivity index (χ1v) is 7.49. The quantitative estimate of drug-likeness (QED) is 0.881. The Balaban J connectivity index is 1.69. The number of hydrogen-bond donors (Lipinski definition) is 1. The van der Waals surface area contributed by atoms with E-state index in [1.807, 2.05) is 12.5 Å². The molecule has 2 atom stereocenters. The number of hydrogen-bond acceptors (Lipinski definition) is 4. The molecule has 2 saturated heterocycles. The lowest BCUT2D eigenvalue weighted by Crippen LogP contribution is -2.34. The maximum atomic E-state index is 5.80. The van der Waals surface area contributed by atoms with E-state index in [-0.39, 0.29) is 6.10 Å². The molecule has 2 aliphatic heterocycles. The highest BCUT2D eigenvalue weighted by Crippen LogP contribution is 2.26. The summed E-state index contributed by atoms with van der Waals surface area (Å²) in [5.41, 5.74) is 1.23. The molecule has 1 N–H and O–H groups in total. The molecular formula is C12H19N3OS. The summed E-state index contributed by atoms with van der Waals surface area (Å²) in [6.45, 7) is 3.77. The number of nitrogens with zero attached hydrogens (tertiary/aromatic N) is 2. The molecule has 2 fully saturated rings. The van der Waals surface area contributed by atoms with Gasteiger partial charge in [-0.2, -0.15) is 11.8 Å². The third-order valence-corrected chi connectivity index (χ3v) is 4.71. The summed E-state index contributed by atoms with van der Waals surface area (Å²) in [6, 6.07) is 0. The molecule has 1 aromatic rings. The Bertz CT molecular complexity index is 356. The van der Waals surface area contributed by atoms with Crippen LogP contribution in [-0.4, -0.2) is 40.8 Å². The maximum Gasteiger partial charge on any atom is 0.111 e. The highest BCUT2D eigenvalue weighted by atomic mass is 32.2. The summed E-state index contributed by atoms with van der Waals surface area (Å²) >= 11 is 2.07. The molecule has 5 heteroatoms.